The lowest BCUT2D eigenvalue weighted by atomic mass is 10.2. The van der Waals surface area contributed by atoms with Crippen LogP contribution in [0.2, 0.25) is 0 Å². The van der Waals surface area contributed by atoms with Gasteiger partial charge in [-0.15, -0.1) is 11.3 Å². The van der Waals surface area contributed by atoms with Crippen LogP contribution < -0.4 is 4.80 Å². The Morgan fingerprint density at radius 2 is 1.88 bits per heavy atom. The monoisotopic (exact) mass is 442 g/mol. The number of benzene rings is 2. The third-order valence-corrected chi connectivity index (χ3v) is 5.95. The van der Waals surface area contributed by atoms with Crippen molar-refractivity contribution in [1.82, 2.24) is 9.55 Å². The summed E-state index contributed by atoms with van der Waals surface area (Å²) in [5, 5.41) is 14.4. The first kappa shape index (κ1) is 19.9. The van der Waals surface area contributed by atoms with E-state index in [9.17, 15) is 10.1 Å². The maximum Gasteiger partial charge on any atom is 0.294 e. The van der Waals surface area contributed by atoms with Gasteiger partial charge in [0.05, 0.1) is 10.6 Å². The van der Waals surface area contributed by atoms with E-state index in [1.807, 2.05) is 58.5 Å². The number of furan rings is 1. The maximum absolute atomic E-state index is 11.5. The van der Waals surface area contributed by atoms with E-state index in [1.165, 1.54) is 17.4 Å². The SMILES string of the molecule is O=[N+]([O-])c1ccccc1N=c1scc(-c2cc3ccccc3o2)n1CCc1ccccn1. The molecular formula is C24H18N4O3S. The second-order valence-corrected chi connectivity index (χ2v) is 7.97. The molecular weight excluding hydrogens is 424 g/mol. The van der Waals surface area contributed by atoms with Gasteiger partial charge in [0.15, 0.2) is 10.6 Å². The topological polar surface area (TPSA) is 86.5 Å². The molecule has 0 saturated heterocycles. The van der Waals surface area contributed by atoms with Crippen LogP contribution in [0, 0.1) is 10.1 Å². The highest BCUT2D eigenvalue weighted by Gasteiger charge is 2.16. The summed E-state index contributed by atoms with van der Waals surface area (Å²) in [4.78, 5) is 20.8. The second kappa shape index (κ2) is 8.60. The predicted molar refractivity (Wildman–Crippen MR) is 124 cm³/mol. The molecule has 0 saturated carbocycles. The largest absolute Gasteiger partial charge is 0.454 e. The van der Waals surface area contributed by atoms with Gasteiger partial charge in [-0.1, -0.05) is 36.4 Å². The first-order chi connectivity index (χ1) is 15.7. The summed E-state index contributed by atoms with van der Waals surface area (Å²) < 4.78 is 8.13. The Hall–Kier alpha value is -4.04. The number of hydrogen-bond donors (Lipinski definition) is 0. The molecule has 5 rings (SSSR count). The lowest BCUT2D eigenvalue weighted by Gasteiger charge is -2.07. The Balaban J connectivity index is 1.63. The summed E-state index contributed by atoms with van der Waals surface area (Å²) >= 11 is 1.42. The van der Waals surface area contributed by atoms with Gasteiger partial charge in [-0.3, -0.25) is 15.1 Å². The van der Waals surface area contributed by atoms with E-state index in [-0.39, 0.29) is 5.69 Å². The molecule has 3 aromatic heterocycles. The van der Waals surface area contributed by atoms with Crippen LogP contribution in [-0.4, -0.2) is 14.5 Å². The molecule has 0 aliphatic rings. The number of nitro groups is 1. The average Bonchev–Trinajstić information content (AvgIpc) is 3.42. The molecule has 0 aliphatic carbocycles. The molecule has 5 aromatic rings. The third-order valence-electron chi connectivity index (χ3n) is 5.09. The van der Waals surface area contributed by atoms with Gasteiger partial charge >= 0.3 is 0 Å². The highest BCUT2D eigenvalue weighted by Crippen LogP contribution is 2.30. The highest BCUT2D eigenvalue weighted by molar-refractivity contribution is 7.07. The summed E-state index contributed by atoms with van der Waals surface area (Å²) in [6.45, 7) is 0.604. The van der Waals surface area contributed by atoms with Crippen LogP contribution in [0.25, 0.3) is 22.4 Å². The van der Waals surface area contributed by atoms with Crippen molar-refractivity contribution in [2.24, 2.45) is 4.99 Å². The number of nitrogens with zero attached hydrogens (tertiary/aromatic N) is 4. The molecule has 2 aromatic carbocycles. The Labute approximate surface area is 187 Å². The van der Waals surface area contributed by atoms with E-state index in [0.717, 1.165) is 28.1 Å². The number of fused-ring (bicyclic) bond motifs is 1. The van der Waals surface area contributed by atoms with E-state index in [0.29, 0.717) is 23.5 Å². The van der Waals surface area contributed by atoms with Gasteiger partial charge in [-0.05, 0) is 30.3 Å². The number of hydrogen-bond acceptors (Lipinski definition) is 6. The maximum atomic E-state index is 11.5. The molecule has 0 atom stereocenters. The van der Waals surface area contributed by atoms with Gasteiger partial charge in [0.25, 0.3) is 5.69 Å². The van der Waals surface area contributed by atoms with Gasteiger partial charge < -0.3 is 8.98 Å². The highest BCUT2D eigenvalue weighted by atomic mass is 32.1. The van der Waals surface area contributed by atoms with Gasteiger partial charge in [-0.2, -0.15) is 0 Å². The lowest BCUT2D eigenvalue weighted by molar-refractivity contribution is -0.384. The Kier molecular flexibility index (Phi) is 5.35. The van der Waals surface area contributed by atoms with Crippen LogP contribution in [0.15, 0.2) is 93.8 Å². The molecule has 3 heterocycles. The number of aromatic nitrogens is 2. The molecule has 8 heteroatoms. The lowest BCUT2D eigenvalue weighted by Crippen LogP contribution is -2.17. The summed E-state index contributed by atoms with van der Waals surface area (Å²) in [5.41, 5.74) is 2.93. The van der Waals surface area contributed by atoms with Crippen molar-refractivity contribution in [2.75, 3.05) is 0 Å². The zero-order chi connectivity index (χ0) is 21.9. The molecule has 0 spiro atoms. The number of nitro benzene ring substituents is 1. The summed E-state index contributed by atoms with van der Waals surface area (Å²) in [6.07, 6.45) is 2.46. The molecule has 0 unspecified atom stereocenters. The van der Waals surface area contributed by atoms with Gasteiger partial charge in [0, 0.05) is 41.7 Å². The second-order valence-electron chi connectivity index (χ2n) is 7.13. The fraction of sp³-hybridized carbons (Fsp3) is 0.0833. The minimum atomic E-state index is -0.412. The Bertz CT molecular complexity index is 1430. The Morgan fingerprint density at radius 1 is 1.06 bits per heavy atom. The van der Waals surface area contributed by atoms with Crippen molar-refractivity contribution in [1.29, 1.82) is 0 Å². The van der Waals surface area contributed by atoms with E-state index in [2.05, 4.69) is 9.98 Å². The first-order valence-electron chi connectivity index (χ1n) is 10.0. The van der Waals surface area contributed by atoms with Crippen molar-refractivity contribution in [3.8, 4) is 11.5 Å². The zero-order valence-electron chi connectivity index (χ0n) is 16.9. The number of thiazole rings is 1. The minimum absolute atomic E-state index is 0.0255. The number of para-hydroxylation sites is 3. The fourth-order valence-electron chi connectivity index (χ4n) is 3.53. The van der Waals surface area contributed by atoms with Crippen molar-refractivity contribution < 1.29 is 9.34 Å². The van der Waals surface area contributed by atoms with E-state index < -0.39 is 4.92 Å². The van der Waals surface area contributed by atoms with Crippen molar-refractivity contribution in [3.05, 3.63) is 105 Å². The number of rotatable bonds is 6. The zero-order valence-corrected chi connectivity index (χ0v) is 17.7. The third kappa shape index (κ3) is 3.95. The van der Waals surface area contributed by atoms with Crippen LogP contribution in [-0.2, 0) is 13.0 Å². The molecule has 7 nitrogen and oxygen atoms in total. The predicted octanol–water partition coefficient (Wildman–Crippen LogP) is 5.74. The molecule has 0 fully saturated rings. The van der Waals surface area contributed by atoms with Gasteiger partial charge in [-0.25, -0.2) is 4.99 Å². The molecule has 0 bridgehead atoms. The van der Waals surface area contributed by atoms with E-state index >= 15 is 0 Å². The van der Waals surface area contributed by atoms with Crippen LogP contribution in [0.5, 0.6) is 0 Å². The molecule has 0 aliphatic heterocycles. The molecule has 0 radical (unpaired) electrons. The summed E-state index contributed by atoms with van der Waals surface area (Å²) in [7, 11) is 0. The average molecular weight is 443 g/mol. The van der Waals surface area contributed by atoms with Crippen LogP contribution in [0.1, 0.15) is 5.69 Å². The van der Waals surface area contributed by atoms with Gasteiger partial charge in [0.1, 0.15) is 11.3 Å². The Morgan fingerprint density at radius 3 is 2.69 bits per heavy atom. The standard InChI is InChI=1S/C24H18N4O3S/c29-28(30)20-10-3-2-9-19(20)26-24-27(14-12-18-8-5-6-13-25-18)21(16-32-24)23-15-17-7-1-4-11-22(17)31-23/h1-11,13,15-16H,12,14H2. The quantitative estimate of drug-likeness (QED) is 0.248. The molecule has 32 heavy (non-hydrogen) atoms. The first-order valence-corrected chi connectivity index (χ1v) is 10.9. The molecule has 0 N–H and O–H groups in total. The van der Waals surface area contributed by atoms with Crippen LogP contribution in [0.3, 0.4) is 0 Å². The van der Waals surface area contributed by atoms with Crippen molar-refractivity contribution >= 4 is 33.7 Å². The minimum Gasteiger partial charge on any atom is -0.454 e. The van der Waals surface area contributed by atoms with Gasteiger partial charge in [0.2, 0.25) is 0 Å². The summed E-state index contributed by atoms with van der Waals surface area (Å²) in [6, 6.07) is 22.2. The van der Waals surface area contributed by atoms with Crippen molar-refractivity contribution in [2.45, 2.75) is 13.0 Å². The number of aryl methyl sites for hydroxylation is 1. The molecule has 158 valence electrons. The normalized spacial score (nSPS) is 11.8. The van der Waals surface area contributed by atoms with E-state index in [4.69, 9.17) is 4.42 Å². The summed E-state index contributed by atoms with van der Waals surface area (Å²) in [5.74, 6) is 0.729. The smallest absolute Gasteiger partial charge is 0.294 e. The van der Waals surface area contributed by atoms with Crippen LogP contribution in [0.4, 0.5) is 11.4 Å². The van der Waals surface area contributed by atoms with Crippen molar-refractivity contribution in [3.63, 3.8) is 0 Å². The van der Waals surface area contributed by atoms with E-state index in [1.54, 1.807) is 24.4 Å². The molecule has 0 amide bonds. The fourth-order valence-corrected chi connectivity index (χ4v) is 4.46. The number of pyridine rings is 1. The van der Waals surface area contributed by atoms with Crippen LogP contribution >= 0.6 is 11.3 Å².